The highest BCUT2D eigenvalue weighted by Gasteiger charge is 2.28. The Morgan fingerprint density at radius 1 is 1.07 bits per heavy atom. The lowest BCUT2D eigenvalue weighted by Gasteiger charge is -2.32. The summed E-state index contributed by atoms with van der Waals surface area (Å²) in [6.45, 7) is 6.25. The maximum atomic E-state index is 12.4. The number of likely N-dealkylation sites (N-methyl/N-ethyl adjacent to an activating group) is 1. The van der Waals surface area contributed by atoms with Crippen molar-refractivity contribution >= 4 is 17.6 Å². The van der Waals surface area contributed by atoms with E-state index in [-0.39, 0.29) is 12.4 Å². The highest BCUT2D eigenvalue weighted by Crippen LogP contribution is 2.32. The van der Waals surface area contributed by atoms with Gasteiger partial charge in [-0.25, -0.2) is 14.8 Å². The first-order valence-corrected chi connectivity index (χ1v) is 13.4. The molecule has 1 aliphatic heterocycles. The number of amides is 1. The third kappa shape index (κ3) is 7.73. The van der Waals surface area contributed by atoms with Crippen LogP contribution >= 0.6 is 0 Å². The van der Waals surface area contributed by atoms with Crippen molar-refractivity contribution in [2.75, 3.05) is 77.4 Å². The molecule has 11 nitrogen and oxygen atoms in total. The van der Waals surface area contributed by atoms with E-state index in [9.17, 15) is 9.90 Å². The lowest BCUT2D eigenvalue weighted by atomic mass is 10.0. The second kappa shape index (κ2) is 14.3. The Balaban J connectivity index is 1.44. The van der Waals surface area contributed by atoms with Gasteiger partial charge in [-0.2, -0.15) is 0 Å². The number of ether oxygens (including phenoxy) is 3. The van der Waals surface area contributed by atoms with Crippen LogP contribution in [0.25, 0.3) is 0 Å². The maximum absolute atomic E-state index is 12.4. The van der Waals surface area contributed by atoms with Crippen LogP contribution in [0, 0.1) is 0 Å². The number of hydrogen-bond acceptors (Lipinski definition) is 9. The van der Waals surface area contributed by atoms with Crippen LogP contribution in [0.4, 0.5) is 16.3 Å². The molecule has 0 saturated carbocycles. The van der Waals surface area contributed by atoms with Crippen molar-refractivity contribution < 1.29 is 24.1 Å². The second-order valence-corrected chi connectivity index (χ2v) is 9.61. The predicted molar refractivity (Wildman–Crippen MR) is 154 cm³/mol. The topological polar surface area (TPSA) is 113 Å². The number of carboxylic acid groups (broad SMARTS) is 1. The minimum atomic E-state index is -1.13. The van der Waals surface area contributed by atoms with Crippen LogP contribution in [0.15, 0.2) is 61.1 Å². The van der Waals surface area contributed by atoms with Gasteiger partial charge in [0.05, 0.1) is 26.9 Å². The summed E-state index contributed by atoms with van der Waals surface area (Å²) in [5.74, 6) is 2.18. The molecule has 0 radical (unpaired) electrons. The van der Waals surface area contributed by atoms with E-state index in [2.05, 4.69) is 32.1 Å². The zero-order chi connectivity index (χ0) is 28.3. The van der Waals surface area contributed by atoms with Crippen molar-refractivity contribution in [3.05, 3.63) is 66.6 Å². The van der Waals surface area contributed by atoms with Gasteiger partial charge in [-0.15, -0.1) is 0 Å². The van der Waals surface area contributed by atoms with Gasteiger partial charge in [-0.05, 0) is 49.4 Å². The van der Waals surface area contributed by atoms with E-state index in [0.717, 1.165) is 50.4 Å². The molecule has 1 aliphatic rings. The van der Waals surface area contributed by atoms with Crippen LogP contribution in [0.3, 0.4) is 0 Å². The smallest absolute Gasteiger partial charge is 0.413 e. The van der Waals surface area contributed by atoms with E-state index >= 15 is 0 Å². The van der Waals surface area contributed by atoms with Gasteiger partial charge in [0.1, 0.15) is 17.9 Å². The third-order valence-corrected chi connectivity index (χ3v) is 6.94. The Morgan fingerprint density at radius 3 is 2.60 bits per heavy atom. The fourth-order valence-corrected chi connectivity index (χ4v) is 4.68. The number of nitrogens with one attached hydrogen (secondary N) is 1. The minimum absolute atomic E-state index is 0.262. The van der Waals surface area contributed by atoms with Crippen LogP contribution in [-0.2, 0) is 0 Å². The number of anilines is 2. The van der Waals surface area contributed by atoms with Crippen molar-refractivity contribution in [1.29, 1.82) is 0 Å². The predicted octanol–water partition coefficient (Wildman–Crippen LogP) is 3.85. The summed E-state index contributed by atoms with van der Waals surface area (Å²) in [6, 6.07) is 13.9. The lowest BCUT2D eigenvalue weighted by Crippen LogP contribution is -2.44. The fraction of sp³-hybridized carbons (Fsp3) is 0.414. The van der Waals surface area contributed by atoms with Gasteiger partial charge in [0.25, 0.3) is 0 Å². The molecule has 0 unspecified atom stereocenters. The number of methoxy groups -OCH3 is 2. The van der Waals surface area contributed by atoms with Gasteiger partial charge >= 0.3 is 6.09 Å². The van der Waals surface area contributed by atoms with Gasteiger partial charge < -0.3 is 34.4 Å². The molecule has 0 aliphatic carbocycles. The molecule has 214 valence electrons. The molecule has 1 aromatic heterocycles. The average molecular weight is 551 g/mol. The van der Waals surface area contributed by atoms with Crippen molar-refractivity contribution in [1.82, 2.24) is 19.8 Å². The molecule has 1 amide bonds. The Kier molecular flexibility index (Phi) is 10.4. The van der Waals surface area contributed by atoms with Crippen molar-refractivity contribution in [2.45, 2.75) is 12.5 Å². The molecule has 1 atom stereocenters. The number of rotatable bonds is 13. The molecule has 1 fully saturated rings. The first-order chi connectivity index (χ1) is 19.5. The van der Waals surface area contributed by atoms with E-state index in [1.54, 1.807) is 20.3 Å². The number of benzene rings is 2. The molecule has 40 heavy (non-hydrogen) atoms. The quantitative estimate of drug-likeness (QED) is 0.304. The summed E-state index contributed by atoms with van der Waals surface area (Å²) in [5.41, 5.74) is 1.52. The normalized spacial score (nSPS) is 14.8. The van der Waals surface area contributed by atoms with E-state index < -0.39 is 12.1 Å². The van der Waals surface area contributed by atoms with E-state index in [4.69, 9.17) is 14.2 Å². The van der Waals surface area contributed by atoms with Crippen LogP contribution in [0.5, 0.6) is 17.2 Å². The highest BCUT2D eigenvalue weighted by molar-refractivity contribution is 5.85. The molecule has 2 aromatic carbocycles. The summed E-state index contributed by atoms with van der Waals surface area (Å²) >= 11 is 0. The molecule has 1 saturated heterocycles. The third-order valence-electron chi connectivity index (χ3n) is 6.94. The molecule has 11 heteroatoms. The monoisotopic (exact) mass is 550 g/mol. The number of hydrogen-bond donors (Lipinski definition) is 2. The molecular formula is C29H38N6O5. The van der Waals surface area contributed by atoms with E-state index in [0.29, 0.717) is 23.9 Å². The average Bonchev–Trinajstić information content (AvgIpc) is 2.98. The molecule has 4 rings (SSSR count). The minimum Gasteiger partial charge on any atom is -0.497 e. The standard InChI is InChI=1S/C29H38N6O5/c1-33-13-15-34(16-14-33)12-5-17-40-26-9-8-23(19-27(26)39-3)31-20-25(22-6-4-7-24(18-22)38-2)35(29(36)37)28-10-11-30-21-32-28/h4,6-11,18-19,21,25,31H,5,12-17,20H2,1-3H3,(H,36,37)/t25-/m1/s1. The van der Waals surface area contributed by atoms with Gasteiger partial charge in [-0.1, -0.05) is 12.1 Å². The highest BCUT2D eigenvalue weighted by atomic mass is 16.5. The molecular weight excluding hydrogens is 512 g/mol. The van der Waals surface area contributed by atoms with Crippen LogP contribution in [0.2, 0.25) is 0 Å². The Bertz CT molecular complexity index is 1220. The zero-order valence-electron chi connectivity index (χ0n) is 23.3. The summed E-state index contributed by atoms with van der Waals surface area (Å²) in [5, 5.41) is 13.5. The van der Waals surface area contributed by atoms with Gasteiger partial charge in [0, 0.05) is 57.2 Å². The van der Waals surface area contributed by atoms with Crippen molar-refractivity contribution in [2.24, 2.45) is 0 Å². The first kappa shape index (κ1) is 28.9. The Morgan fingerprint density at radius 2 is 1.90 bits per heavy atom. The summed E-state index contributed by atoms with van der Waals surface area (Å²) < 4.78 is 17.0. The maximum Gasteiger partial charge on any atom is 0.413 e. The van der Waals surface area contributed by atoms with Crippen LogP contribution < -0.4 is 24.4 Å². The van der Waals surface area contributed by atoms with Gasteiger partial charge in [-0.3, -0.25) is 4.90 Å². The fourth-order valence-electron chi connectivity index (χ4n) is 4.68. The van der Waals surface area contributed by atoms with Crippen molar-refractivity contribution in [3.8, 4) is 17.2 Å². The van der Waals surface area contributed by atoms with Crippen molar-refractivity contribution in [3.63, 3.8) is 0 Å². The van der Waals surface area contributed by atoms with E-state index in [1.165, 1.54) is 17.4 Å². The Hall–Kier alpha value is -4.09. The summed E-state index contributed by atoms with van der Waals surface area (Å²) in [6.07, 6.45) is 2.65. The van der Waals surface area contributed by atoms with Gasteiger partial charge in [0.2, 0.25) is 0 Å². The second-order valence-electron chi connectivity index (χ2n) is 9.61. The Labute approximate surface area is 235 Å². The van der Waals surface area contributed by atoms with Crippen LogP contribution in [0.1, 0.15) is 18.0 Å². The number of piperazine rings is 1. The zero-order valence-corrected chi connectivity index (χ0v) is 23.3. The SMILES string of the molecule is COc1cccc([C@@H](CNc2ccc(OCCCN3CCN(C)CC3)c(OC)c2)N(C(=O)O)c2ccncn2)c1. The molecule has 2 N–H and O–H groups in total. The largest absolute Gasteiger partial charge is 0.497 e. The number of nitrogens with zero attached hydrogens (tertiary/aromatic N) is 5. The first-order valence-electron chi connectivity index (χ1n) is 13.4. The molecule has 3 aromatic rings. The number of aromatic nitrogens is 2. The van der Waals surface area contributed by atoms with Crippen LogP contribution in [-0.4, -0.2) is 98.1 Å². The molecule has 0 bridgehead atoms. The molecule has 0 spiro atoms. The number of carbonyl (C=O) groups is 1. The van der Waals surface area contributed by atoms with Gasteiger partial charge in [0.15, 0.2) is 11.5 Å². The molecule has 2 heterocycles. The lowest BCUT2D eigenvalue weighted by molar-refractivity contribution is 0.145. The van der Waals surface area contributed by atoms with E-state index in [1.807, 2.05) is 42.5 Å². The summed E-state index contributed by atoms with van der Waals surface area (Å²) in [7, 11) is 5.34. The summed E-state index contributed by atoms with van der Waals surface area (Å²) in [4.78, 5) is 26.6.